The van der Waals surface area contributed by atoms with Gasteiger partial charge in [0.1, 0.15) is 0 Å². The van der Waals surface area contributed by atoms with Gasteiger partial charge in [-0.3, -0.25) is 4.79 Å². The summed E-state index contributed by atoms with van der Waals surface area (Å²) in [5.74, 6) is -0.738. The minimum atomic E-state index is -6.02. The van der Waals surface area contributed by atoms with Crippen molar-refractivity contribution in [3.05, 3.63) is 0 Å². The van der Waals surface area contributed by atoms with E-state index in [1.807, 2.05) is 0 Å². The van der Waals surface area contributed by atoms with Crippen LogP contribution in [0, 0.1) is 0 Å². The molecule has 0 spiro atoms. The molecule has 0 aromatic rings. The first-order valence-electron chi connectivity index (χ1n) is 7.03. The van der Waals surface area contributed by atoms with Gasteiger partial charge in [-0.05, 0) is 12.2 Å². The summed E-state index contributed by atoms with van der Waals surface area (Å²) in [7, 11) is 0. The normalized spacial score (nSPS) is 13.2. The van der Waals surface area contributed by atoms with Gasteiger partial charge in [0, 0.05) is 32.6 Å². The molecule has 0 heterocycles. The van der Waals surface area contributed by atoms with Crippen LogP contribution in [0.3, 0.4) is 0 Å². The van der Waals surface area contributed by atoms with Crippen LogP contribution in [0.15, 0.2) is 0 Å². The number of nitrogens with two attached hydrogens (primary N) is 1. The average molecular weight is 387 g/mol. The molecule has 0 saturated carbocycles. The van der Waals surface area contributed by atoms with Gasteiger partial charge in [-0.25, -0.2) is 4.39 Å². The predicted octanol–water partition coefficient (Wildman–Crippen LogP) is 2.00. The third-order valence-electron chi connectivity index (χ3n) is 2.89. The minimum absolute atomic E-state index is 0.131. The second kappa shape index (κ2) is 10.3. The van der Waals surface area contributed by atoms with E-state index in [-0.39, 0.29) is 11.5 Å². The maximum absolute atomic E-state index is 13.3. The molecule has 0 bridgehead atoms. The lowest BCUT2D eigenvalue weighted by Crippen LogP contribution is -2.53. The zero-order chi connectivity index (χ0) is 18.9. The first kappa shape index (κ1) is 23.2. The topological polar surface area (TPSA) is 67.2 Å². The van der Waals surface area contributed by atoms with Crippen molar-refractivity contribution in [1.29, 1.82) is 0 Å². The van der Waals surface area contributed by atoms with Gasteiger partial charge in [-0.1, -0.05) is 0 Å². The van der Waals surface area contributed by atoms with Crippen LogP contribution in [-0.4, -0.2) is 61.6 Å². The monoisotopic (exact) mass is 387 g/mol. The summed E-state index contributed by atoms with van der Waals surface area (Å²) >= 11 is 0.838. The van der Waals surface area contributed by atoms with Crippen LogP contribution in [0.5, 0.6) is 0 Å². The highest BCUT2D eigenvalue weighted by molar-refractivity contribution is 7.99. The molecule has 0 aromatic heterocycles. The van der Waals surface area contributed by atoms with Gasteiger partial charge < -0.3 is 16.4 Å². The molecule has 0 aliphatic heterocycles. The lowest BCUT2D eigenvalue weighted by molar-refractivity contribution is -0.343. The molecular weight excluding hydrogens is 367 g/mol. The number of thioether (sulfide) groups is 1. The molecule has 4 nitrogen and oxygen atoms in total. The fourth-order valence-electron chi connectivity index (χ4n) is 1.60. The van der Waals surface area contributed by atoms with Crippen LogP contribution in [0.1, 0.15) is 12.8 Å². The van der Waals surface area contributed by atoms with Crippen molar-refractivity contribution in [2.75, 3.05) is 37.7 Å². The van der Waals surface area contributed by atoms with E-state index in [0.717, 1.165) is 11.8 Å². The van der Waals surface area contributed by atoms with Crippen molar-refractivity contribution in [1.82, 2.24) is 10.6 Å². The third-order valence-corrected chi connectivity index (χ3v) is 3.93. The summed E-state index contributed by atoms with van der Waals surface area (Å²) in [6.07, 6.45) is -14.4. The first-order chi connectivity index (χ1) is 11.0. The van der Waals surface area contributed by atoms with Gasteiger partial charge in [0.25, 0.3) is 5.67 Å². The largest absolute Gasteiger partial charge is 0.431 e. The van der Waals surface area contributed by atoms with Crippen molar-refractivity contribution in [2.45, 2.75) is 30.9 Å². The maximum atomic E-state index is 13.3. The molecule has 0 aliphatic rings. The molecule has 0 radical (unpaired) electrons. The van der Waals surface area contributed by atoms with Crippen molar-refractivity contribution in [3.63, 3.8) is 0 Å². The van der Waals surface area contributed by atoms with Crippen LogP contribution in [0.4, 0.5) is 30.7 Å². The Labute approximate surface area is 139 Å². The van der Waals surface area contributed by atoms with E-state index in [0.29, 0.717) is 26.2 Å². The molecule has 0 aromatic carbocycles. The van der Waals surface area contributed by atoms with E-state index in [9.17, 15) is 35.5 Å². The number of hydrogen-bond acceptors (Lipinski definition) is 4. The second-order valence-electron chi connectivity index (χ2n) is 4.84. The van der Waals surface area contributed by atoms with Crippen LogP contribution in [-0.2, 0) is 4.79 Å². The Kier molecular flexibility index (Phi) is 9.97. The van der Waals surface area contributed by atoms with Gasteiger partial charge in [-0.2, -0.15) is 38.1 Å². The molecule has 1 amide bonds. The standard InChI is InChI=1S/C12H20F7N3OS/c13-10(11(14,15)16,12(17,18)19)2-1-7-24-8-9(23)22-6-5-21-4-3-20/h21H,1-8,20H2,(H,22,23). The Hall–Kier alpha value is -0.750. The van der Waals surface area contributed by atoms with E-state index in [1.54, 1.807) is 0 Å². The predicted molar refractivity (Wildman–Crippen MR) is 77.4 cm³/mol. The highest BCUT2D eigenvalue weighted by Gasteiger charge is 2.71. The van der Waals surface area contributed by atoms with Crippen LogP contribution >= 0.6 is 11.8 Å². The fraction of sp³-hybridized carbons (Fsp3) is 0.917. The average Bonchev–Trinajstić information content (AvgIpc) is 2.44. The highest BCUT2D eigenvalue weighted by atomic mass is 32.2. The molecular formula is C12H20F7N3OS. The number of amides is 1. The molecule has 0 atom stereocenters. The maximum Gasteiger partial charge on any atom is 0.431 e. The van der Waals surface area contributed by atoms with Gasteiger partial charge in [0.2, 0.25) is 5.91 Å². The molecule has 12 heteroatoms. The van der Waals surface area contributed by atoms with Crippen LogP contribution in [0.2, 0.25) is 0 Å². The quantitative estimate of drug-likeness (QED) is 0.375. The van der Waals surface area contributed by atoms with Crippen LogP contribution in [0.25, 0.3) is 0 Å². The Morgan fingerprint density at radius 1 is 0.958 bits per heavy atom. The fourth-order valence-corrected chi connectivity index (χ4v) is 2.38. The van der Waals surface area contributed by atoms with Crippen molar-refractivity contribution in [3.8, 4) is 0 Å². The number of carbonyl (C=O) groups excluding carboxylic acids is 1. The SMILES string of the molecule is NCCNCCNC(=O)CSCCCC(F)(C(F)(F)F)C(F)(F)F. The van der Waals surface area contributed by atoms with Crippen molar-refractivity contribution in [2.24, 2.45) is 5.73 Å². The van der Waals surface area contributed by atoms with Crippen molar-refractivity contribution >= 4 is 17.7 Å². The van der Waals surface area contributed by atoms with E-state index in [1.165, 1.54) is 0 Å². The summed E-state index contributed by atoms with van der Waals surface area (Å²) < 4.78 is 87.0. The van der Waals surface area contributed by atoms with Gasteiger partial charge in [-0.15, -0.1) is 0 Å². The number of nitrogens with one attached hydrogen (secondary N) is 2. The van der Waals surface area contributed by atoms with Gasteiger partial charge >= 0.3 is 12.4 Å². The molecule has 144 valence electrons. The molecule has 24 heavy (non-hydrogen) atoms. The van der Waals surface area contributed by atoms with E-state index >= 15 is 0 Å². The van der Waals surface area contributed by atoms with Crippen LogP contribution < -0.4 is 16.4 Å². The number of rotatable bonds is 11. The first-order valence-corrected chi connectivity index (χ1v) is 8.19. The molecule has 4 N–H and O–H groups in total. The number of hydrogen-bond donors (Lipinski definition) is 3. The lowest BCUT2D eigenvalue weighted by Gasteiger charge is -2.29. The number of halogens is 7. The zero-order valence-electron chi connectivity index (χ0n) is 12.7. The Bertz CT molecular complexity index is 363. The summed E-state index contributed by atoms with van der Waals surface area (Å²) in [6.45, 7) is 1.81. The Morgan fingerprint density at radius 2 is 1.54 bits per heavy atom. The van der Waals surface area contributed by atoms with E-state index in [2.05, 4.69) is 10.6 Å². The minimum Gasteiger partial charge on any atom is -0.354 e. The molecule has 0 fully saturated rings. The van der Waals surface area contributed by atoms with E-state index in [4.69, 9.17) is 5.73 Å². The molecule has 0 rings (SSSR count). The summed E-state index contributed by atoms with van der Waals surface area (Å²) in [5, 5.41) is 5.41. The summed E-state index contributed by atoms with van der Waals surface area (Å²) in [6, 6.07) is 0. The molecule has 0 unspecified atom stereocenters. The lowest BCUT2D eigenvalue weighted by atomic mass is 9.99. The smallest absolute Gasteiger partial charge is 0.354 e. The Morgan fingerprint density at radius 3 is 2.04 bits per heavy atom. The Balaban J connectivity index is 4.01. The van der Waals surface area contributed by atoms with Crippen molar-refractivity contribution < 1.29 is 35.5 Å². The second-order valence-corrected chi connectivity index (χ2v) is 5.95. The summed E-state index contributed by atoms with van der Waals surface area (Å²) in [4.78, 5) is 11.3. The summed E-state index contributed by atoms with van der Waals surface area (Å²) in [5.41, 5.74) is 0.00358. The van der Waals surface area contributed by atoms with E-state index < -0.39 is 36.8 Å². The highest BCUT2D eigenvalue weighted by Crippen LogP contribution is 2.48. The number of carbonyl (C=O) groups is 1. The molecule has 0 saturated heterocycles. The number of alkyl halides is 7. The third kappa shape index (κ3) is 7.88. The van der Waals surface area contributed by atoms with Gasteiger partial charge in [0.15, 0.2) is 0 Å². The zero-order valence-corrected chi connectivity index (χ0v) is 13.5. The molecule has 0 aliphatic carbocycles. The van der Waals surface area contributed by atoms with Gasteiger partial charge in [0.05, 0.1) is 5.75 Å².